The van der Waals surface area contributed by atoms with Crippen LogP contribution in [0.25, 0.3) is 0 Å². The first-order valence-corrected chi connectivity index (χ1v) is 7.84. The van der Waals surface area contributed by atoms with Crippen LogP contribution in [0.15, 0.2) is 23.1 Å². The van der Waals surface area contributed by atoms with E-state index in [1.807, 2.05) is 6.92 Å². The van der Waals surface area contributed by atoms with Crippen LogP contribution in [-0.2, 0) is 9.53 Å². The van der Waals surface area contributed by atoms with Crippen molar-refractivity contribution in [2.24, 2.45) is 0 Å². The fourth-order valence-corrected chi connectivity index (χ4v) is 4.12. The van der Waals surface area contributed by atoms with E-state index in [1.165, 1.54) is 24.9 Å². The zero-order valence-electron chi connectivity index (χ0n) is 12.1. The molecule has 2 rings (SSSR count). The zero-order chi connectivity index (χ0) is 15.5. The first-order chi connectivity index (χ1) is 10.0. The number of benzene rings is 1. The molecule has 0 aliphatic heterocycles. The van der Waals surface area contributed by atoms with E-state index in [0.717, 1.165) is 18.6 Å². The first-order valence-electron chi connectivity index (χ1n) is 6.96. The number of carbonyl (C=O) groups is 1. The van der Waals surface area contributed by atoms with Crippen molar-refractivity contribution in [3.8, 4) is 0 Å². The Morgan fingerprint density at radius 3 is 2.95 bits per heavy atom. The van der Waals surface area contributed by atoms with E-state index < -0.39 is 17.2 Å². The molecular weight excluding hydrogens is 296 g/mol. The summed E-state index contributed by atoms with van der Waals surface area (Å²) in [5, 5.41) is 3.25. The van der Waals surface area contributed by atoms with Gasteiger partial charge >= 0.3 is 5.97 Å². The van der Waals surface area contributed by atoms with E-state index >= 15 is 0 Å². The van der Waals surface area contributed by atoms with E-state index in [1.54, 1.807) is 0 Å². The van der Waals surface area contributed by atoms with E-state index in [2.05, 4.69) is 5.32 Å². The van der Waals surface area contributed by atoms with Gasteiger partial charge in [-0.2, -0.15) is 0 Å². The van der Waals surface area contributed by atoms with E-state index in [4.69, 9.17) is 4.74 Å². The number of methoxy groups -OCH3 is 1. The Balaban J connectivity index is 2.10. The van der Waals surface area contributed by atoms with Crippen LogP contribution >= 0.6 is 11.8 Å². The van der Waals surface area contributed by atoms with Crippen LogP contribution in [0.4, 0.5) is 8.78 Å². The van der Waals surface area contributed by atoms with Crippen LogP contribution in [-0.4, -0.2) is 30.4 Å². The highest BCUT2D eigenvalue weighted by Gasteiger charge is 2.46. The second-order valence-corrected chi connectivity index (χ2v) is 6.50. The zero-order valence-corrected chi connectivity index (χ0v) is 12.9. The number of hydrogen-bond acceptors (Lipinski definition) is 4. The molecule has 2 unspecified atom stereocenters. The van der Waals surface area contributed by atoms with Gasteiger partial charge < -0.3 is 10.1 Å². The minimum absolute atomic E-state index is 0.0550. The Hall–Kier alpha value is -1.14. The van der Waals surface area contributed by atoms with Crippen molar-refractivity contribution < 1.29 is 18.3 Å². The van der Waals surface area contributed by atoms with Gasteiger partial charge in [-0.15, -0.1) is 11.8 Å². The number of esters is 1. The molecule has 6 heteroatoms. The molecule has 0 bridgehead atoms. The molecule has 21 heavy (non-hydrogen) atoms. The summed E-state index contributed by atoms with van der Waals surface area (Å²) in [6.45, 7) is 2.58. The molecule has 1 saturated carbocycles. The van der Waals surface area contributed by atoms with Crippen molar-refractivity contribution in [1.82, 2.24) is 5.32 Å². The van der Waals surface area contributed by atoms with Crippen LogP contribution in [0, 0.1) is 11.6 Å². The predicted octanol–water partition coefficient (Wildman–Crippen LogP) is 3.13. The lowest BCUT2D eigenvalue weighted by Crippen LogP contribution is -2.50. The van der Waals surface area contributed by atoms with E-state index in [9.17, 15) is 13.6 Å². The van der Waals surface area contributed by atoms with Gasteiger partial charge in [0.25, 0.3) is 0 Å². The Kier molecular flexibility index (Phi) is 5.22. The highest BCUT2D eigenvalue weighted by molar-refractivity contribution is 8.00. The molecule has 0 amide bonds. The Morgan fingerprint density at radius 1 is 1.52 bits per heavy atom. The minimum atomic E-state index is -0.703. The third-order valence-corrected chi connectivity index (χ3v) is 5.05. The Morgan fingerprint density at radius 2 is 2.29 bits per heavy atom. The molecule has 0 radical (unpaired) electrons. The van der Waals surface area contributed by atoms with E-state index in [0.29, 0.717) is 19.4 Å². The van der Waals surface area contributed by atoms with Gasteiger partial charge in [-0.3, -0.25) is 4.79 Å². The van der Waals surface area contributed by atoms with Gasteiger partial charge in [-0.25, -0.2) is 8.78 Å². The highest BCUT2D eigenvalue weighted by atomic mass is 32.2. The van der Waals surface area contributed by atoms with Crippen molar-refractivity contribution in [1.29, 1.82) is 0 Å². The van der Waals surface area contributed by atoms with Crippen molar-refractivity contribution in [2.75, 3.05) is 13.7 Å². The van der Waals surface area contributed by atoms with Crippen LogP contribution in [0.1, 0.15) is 26.2 Å². The molecule has 1 aromatic carbocycles. The number of likely N-dealkylation sites (N-methyl/N-ethyl adjacent to an activating group) is 1. The van der Waals surface area contributed by atoms with Gasteiger partial charge in [0.15, 0.2) is 0 Å². The minimum Gasteiger partial charge on any atom is -0.468 e. The van der Waals surface area contributed by atoms with Crippen molar-refractivity contribution in [2.45, 2.75) is 41.9 Å². The van der Waals surface area contributed by atoms with Gasteiger partial charge in [-0.05, 0) is 44.0 Å². The molecule has 2 atom stereocenters. The average Bonchev–Trinajstić information content (AvgIpc) is 2.87. The van der Waals surface area contributed by atoms with Crippen LogP contribution < -0.4 is 5.32 Å². The van der Waals surface area contributed by atoms with Gasteiger partial charge in [0.2, 0.25) is 0 Å². The Bertz CT molecular complexity index is 526. The van der Waals surface area contributed by atoms with Gasteiger partial charge in [0, 0.05) is 10.1 Å². The number of hydrogen-bond donors (Lipinski definition) is 1. The van der Waals surface area contributed by atoms with Crippen molar-refractivity contribution in [3.05, 3.63) is 29.8 Å². The fraction of sp³-hybridized carbons (Fsp3) is 0.533. The van der Waals surface area contributed by atoms with Crippen LogP contribution in [0.2, 0.25) is 0 Å². The lowest BCUT2D eigenvalue weighted by molar-refractivity contribution is -0.148. The summed E-state index contributed by atoms with van der Waals surface area (Å²) in [5.74, 6) is -1.17. The molecule has 1 aliphatic rings. The van der Waals surface area contributed by atoms with Crippen molar-refractivity contribution >= 4 is 17.7 Å². The largest absolute Gasteiger partial charge is 0.468 e. The molecule has 1 fully saturated rings. The molecule has 0 aromatic heterocycles. The monoisotopic (exact) mass is 315 g/mol. The van der Waals surface area contributed by atoms with Crippen LogP contribution in [0.5, 0.6) is 0 Å². The smallest absolute Gasteiger partial charge is 0.326 e. The van der Waals surface area contributed by atoms with Crippen molar-refractivity contribution in [3.63, 3.8) is 0 Å². The van der Waals surface area contributed by atoms with E-state index in [-0.39, 0.29) is 16.1 Å². The lowest BCUT2D eigenvalue weighted by Gasteiger charge is -2.27. The fourth-order valence-electron chi connectivity index (χ4n) is 2.80. The summed E-state index contributed by atoms with van der Waals surface area (Å²) < 4.78 is 31.8. The maximum atomic E-state index is 13.7. The number of rotatable bonds is 5. The molecule has 0 spiro atoms. The third-order valence-electron chi connectivity index (χ3n) is 3.75. The molecule has 0 heterocycles. The molecular formula is C15H19F2NO2S. The topological polar surface area (TPSA) is 38.3 Å². The second-order valence-electron chi connectivity index (χ2n) is 5.16. The average molecular weight is 315 g/mol. The third kappa shape index (κ3) is 3.55. The highest BCUT2D eigenvalue weighted by Crippen LogP contribution is 2.41. The molecule has 3 nitrogen and oxygen atoms in total. The van der Waals surface area contributed by atoms with Crippen LogP contribution in [0.3, 0.4) is 0 Å². The number of carbonyl (C=O) groups excluding carboxylic acids is 1. The molecule has 1 aromatic rings. The normalized spacial score (nSPS) is 25.0. The number of thioether (sulfide) groups is 1. The number of halogens is 2. The van der Waals surface area contributed by atoms with Gasteiger partial charge in [0.05, 0.1) is 7.11 Å². The summed E-state index contributed by atoms with van der Waals surface area (Å²) in [7, 11) is 1.37. The SMILES string of the molecule is CCNC1(C(=O)OC)CCC(Sc2cc(F)ccc2F)C1. The molecule has 1 N–H and O–H groups in total. The summed E-state index contributed by atoms with van der Waals surface area (Å²) in [4.78, 5) is 12.3. The maximum absolute atomic E-state index is 13.7. The maximum Gasteiger partial charge on any atom is 0.326 e. The molecule has 116 valence electrons. The Labute approximate surface area is 127 Å². The number of ether oxygens (including phenoxy) is 1. The summed E-state index contributed by atoms with van der Waals surface area (Å²) in [6, 6.07) is 3.43. The molecule has 0 saturated heterocycles. The van der Waals surface area contributed by atoms with Gasteiger partial charge in [-0.1, -0.05) is 6.92 Å². The lowest BCUT2D eigenvalue weighted by atomic mass is 9.98. The quantitative estimate of drug-likeness (QED) is 0.847. The molecule has 1 aliphatic carbocycles. The first kappa shape index (κ1) is 16.2. The number of nitrogens with one attached hydrogen (secondary N) is 1. The second kappa shape index (κ2) is 6.75. The standard InChI is InChI=1S/C15H19F2NO2S/c1-3-18-15(14(19)20-2)7-6-11(9-15)21-13-8-10(16)4-5-12(13)17/h4-5,8,11,18H,3,6-7,9H2,1-2H3. The summed E-state index contributed by atoms with van der Waals surface area (Å²) >= 11 is 1.29. The van der Waals surface area contributed by atoms with Gasteiger partial charge in [0.1, 0.15) is 17.2 Å². The predicted molar refractivity (Wildman–Crippen MR) is 78.3 cm³/mol. The summed E-state index contributed by atoms with van der Waals surface area (Å²) in [5.41, 5.74) is -0.703. The summed E-state index contributed by atoms with van der Waals surface area (Å²) in [6.07, 6.45) is 1.94.